The van der Waals surface area contributed by atoms with Crippen LogP contribution in [0.2, 0.25) is 0 Å². The first kappa shape index (κ1) is 18.7. The zero-order valence-electron chi connectivity index (χ0n) is 17.9. The zero-order valence-corrected chi connectivity index (χ0v) is 17.9. The van der Waals surface area contributed by atoms with E-state index in [2.05, 4.69) is 45.0 Å². The van der Waals surface area contributed by atoms with Crippen molar-refractivity contribution in [3.8, 4) is 5.75 Å². The van der Waals surface area contributed by atoms with Crippen molar-refractivity contribution in [3.63, 3.8) is 0 Å². The van der Waals surface area contributed by atoms with Crippen molar-refractivity contribution in [1.29, 1.82) is 0 Å². The van der Waals surface area contributed by atoms with Crippen LogP contribution in [0.1, 0.15) is 77.2 Å². The molecule has 4 saturated carbocycles. The minimum absolute atomic E-state index is 0.319. The largest absolute Gasteiger partial charge is 0.490 e. The third-order valence-corrected chi connectivity index (χ3v) is 9.69. The van der Waals surface area contributed by atoms with E-state index >= 15 is 0 Å². The predicted octanol–water partition coefficient (Wildman–Crippen LogP) is 6.35. The lowest BCUT2D eigenvalue weighted by molar-refractivity contribution is -0.141. The van der Waals surface area contributed by atoms with Crippen LogP contribution in [0.5, 0.6) is 5.75 Å². The van der Waals surface area contributed by atoms with E-state index in [0.29, 0.717) is 28.6 Å². The van der Waals surface area contributed by atoms with Crippen molar-refractivity contribution in [2.24, 2.45) is 34.5 Å². The van der Waals surface area contributed by atoms with Crippen molar-refractivity contribution in [1.82, 2.24) is 0 Å². The zero-order chi connectivity index (χ0) is 19.5. The van der Waals surface area contributed by atoms with Gasteiger partial charge in [-0.25, -0.2) is 0 Å². The number of carbonyl (C=O) groups is 1. The van der Waals surface area contributed by atoms with Crippen LogP contribution in [0.4, 0.5) is 0 Å². The van der Waals surface area contributed by atoms with Crippen molar-refractivity contribution in [3.05, 3.63) is 29.8 Å². The summed E-state index contributed by atoms with van der Waals surface area (Å²) >= 11 is 0. The van der Waals surface area contributed by atoms with Gasteiger partial charge in [-0.1, -0.05) is 31.5 Å². The molecule has 2 nitrogen and oxygen atoms in total. The van der Waals surface area contributed by atoms with Crippen LogP contribution in [0.25, 0.3) is 0 Å². The molecule has 4 fully saturated rings. The molecule has 0 radical (unpaired) electrons. The smallest absolute Gasteiger partial charge is 0.133 e. The van der Waals surface area contributed by atoms with Crippen LogP contribution in [0.3, 0.4) is 0 Å². The van der Waals surface area contributed by atoms with Crippen LogP contribution in [-0.4, -0.2) is 11.9 Å². The number of rotatable bonds is 2. The molecule has 2 heteroatoms. The van der Waals surface area contributed by atoms with Gasteiger partial charge in [0.15, 0.2) is 0 Å². The van der Waals surface area contributed by atoms with Gasteiger partial charge in [-0.2, -0.15) is 0 Å². The van der Waals surface area contributed by atoms with E-state index in [4.69, 9.17) is 4.74 Å². The van der Waals surface area contributed by atoms with Crippen LogP contribution in [-0.2, 0) is 4.79 Å². The van der Waals surface area contributed by atoms with Crippen LogP contribution < -0.4 is 4.74 Å². The molecule has 28 heavy (non-hydrogen) atoms. The van der Waals surface area contributed by atoms with Gasteiger partial charge < -0.3 is 4.74 Å². The topological polar surface area (TPSA) is 26.3 Å². The molecule has 0 saturated heterocycles. The highest BCUT2D eigenvalue weighted by molar-refractivity contribution is 5.79. The van der Waals surface area contributed by atoms with E-state index in [1.54, 1.807) is 0 Å². The number of ether oxygens (including phenoxy) is 1. The average molecular weight is 381 g/mol. The maximum atomic E-state index is 12.1. The molecule has 5 rings (SSSR count). The first-order valence-electron chi connectivity index (χ1n) is 11.7. The number of hydrogen-bond donors (Lipinski definition) is 0. The molecule has 152 valence electrons. The Hall–Kier alpha value is -1.31. The summed E-state index contributed by atoms with van der Waals surface area (Å²) in [6.07, 6.45) is 11.0. The molecule has 4 aliphatic rings. The van der Waals surface area contributed by atoms with Gasteiger partial charge in [0.2, 0.25) is 0 Å². The number of aryl methyl sites for hydroxylation is 1. The average Bonchev–Trinajstić information content (AvgIpc) is 3.00. The van der Waals surface area contributed by atoms with Gasteiger partial charge in [-0.15, -0.1) is 0 Å². The number of Topliss-reactive ketones (excluding diaryl/α,β-unsaturated/α-hetero) is 1. The number of benzene rings is 1. The first-order valence-corrected chi connectivity index (χ1v) is 11.7. The monoisotopic (exact) mass is 380 g/mol. The first-order chi connectivity index (χ1) is 13.4. The lowest BCUT2D eigenvalue weighted by atomic mass is 9.45. The van der Waals surface area contributed by atoms with Crippen molar-refractivity contribution < 1.29 is 9.53 Å². The normalized spacial score (nSPS) is 45.1. The second-order valence-electron chi connectivity index (χ2n) is 10.9. The molecule has 7 atom stereocenters. The Morgan fingerprint density at radius 2 is 1.64 bits per heavy atom. The Balaban J connectivity index is 1.36. The Kier molecular flexibility index (Phi) is 4.41. The molecule has 0 aromatic heterocycles. The van der Waals surface area contributed by atoms with E-state index in [-0.39, 0.29) is 0 Å². The van der Waals surface area contributed by atoms with Gasteiger partial charge in [-0.3, -0.25) is 4.79 Å². The molecule has 1 aromatic rings. The Morgan fingerprint density at radius 3 is 2.43 bits per heavy atom. The summed E-state index contributed by atoms with van der Waals surface area (Å²) in [5, 5.41) is 0. The van der Waals surface area contributed by atoms with E-state index < -0.39 is 0 Å². The molecule has 0 aliphatic heterocycles. The third kappa shape index (κ3) is 2.77. The highest BCUT2D eigenvalue weighted by Crippen LogP contribution is 2.66. The Labute approximate surface area is 170 Å². The molecule has 0 unspecified atom stereocenters. The molecule has 4 aliphatic carbocycles. The maximum Gasteiger partial charge on any atom is 0.133 e. The summed E-state index contributed by atoms with van der Waals surface area (Å²) in [5.74, 6) is 4.70. The number of hydrogen-bond acceptors (Lipinski definition) is 2. The van der Waals surface area contributed by atoms with Gasteiger partial charge in [0, 0.05) is 18.3 Å². The number of carbonyl (C=O) groups excluding carboxylic acids is 1. The lowest BCUT2D eigenvalue weighted by Gasteiger charge is -2.60. The molecule has 1 aromatic carbocycles. The van der Waals surface area contributed by atoms with Gasteiger partial charge in [-0.05, 0) is 93.1 Å². The molecule has 0 N–H and O–H groups in total. The van der Waals surface area contributed by atoms with Crippen molar-refractivity contribution >= 4 is 5.78 Å². The van der Waals surface area contributed by atoms with Gasteiger partial charge in [0.25, 0.3) is 0 Å². The van der Waals surface area contributed by atoms with Crippen LogP contribution in [0, 0.1) is 41.4 Å². The summed E-state index contributed by atoms with van der Waals surface area (Å²) < 4.78 is 6.58. The predicted molar refractivity (Wildman–Crippen MR) is 112 cm³/mol. The van der Waals surface area contributed by atoms with Gasteiger partial charge in [0.1, 0.15) is 17.6 Å². The SMILES string of the molecule is Cc1ccc(O[C@H]2CC[C@@H]3[C@H]4CC[C@H]5CC(=O)CC[C@]5(C)[C@@H]4CC[C@]23C)cc1. The van der Waals surface area contributed by atoms with E-state index in [9.17, 15) is 4.79 Å². The molecule has 0 heterocycles. The molecular formula is C26H36O2. The fourth-order valence-corrected chi connectivity index (χ4v) is 7.97. The highest BCUT2D eigenvalue weighted by atomic mass is 16.5. The maximum absolute atomic E-state index is 12.1. The molecule has 0 spiro atoms. The Bertz CT molecular complexity index is 752. The van der Waals surface area contributed by atoms with Crippen molar-refractivity contribution in [2.75, 3.05) is 0 Å². The van der Waals surface area contributed by atoms with E-state index in [1.165, 1.54) is 44.1 Å². The standard InChI is InChI=1S/C26H36O2/c1-17-4-7-20(8-5-17)28-24-11-10-22-21-9-6-18-16-19(27)12-14-25(18,2)23(21)13-15-26(22,24)3/h4-5,7-8,18,21-24H,6,9-16H2,1-3H3/t18-,21+,22+,23+,24-,25-,26-/m0/s1. The van der Waals surface area contributed by atoms with E-state index in [0.717, 1.165) is 42.8 Å². The highest BCUT2D eigenvalue weighted by Gasteiger charge is 2.60. The summed E-state index contributed by atoms with van der Waals surface area (Å²) in [6.45, 7) is 7.20. The molecule has 0 amide bonds. The molecular weight excluding hydrogens is 344 g/mol. The lowest BCUT2D eigenvalue weighted by Crippen LogP contribution is -2.54. The number of ketones is 1. The molecule has 0 bridgehead atoms. The van der Waals surface area contributed by atoms with E-state index in [1.807, 2.05) is 0 Å². The number of fused-ring (bicyclic) bond motifs is 5. The third-order valence-electron chi connectivity index (χ3n) is 9.69. The van der Waals surface area contributed by atoms with Crippen molar-refractivity contribution in [2.45, 2.75) is 84.7 Å². The minimum Gasteiger partial charge on any atom is -0.490 e. The van der Waals surface area contributed by atoms with Gasteiger partial charge in [0.05, 0.1) is 0 Å². The minimum atomic E-state index is 0.319. The fraction of sp³-hybridized carbons (Fsp3) is 0.731. The van der Waals surface area contributed by atoms with Gasteiger partial charge >= 0.3 is 0 Å². The second kappa shape index (κ2) is 6.61. The summed E-state index contributed by atoms with van der Waals surface area (Å²) in [7, 11) is 0. The Morgan fingerprint density at radius 1 is 0.893 bits per heavy atom. The summed E-state index contributed by atoms with van der Waals surface area (Å²) in [6, 6.07) is 8.60. The fourth-order valence-electron chi connectivity index (χ4n) is 7.97. The quantitative estimate of drug-likeness (QED) is 0.597. The second-order valence-corrected chi connectivity index (χ2v) is 10.9. The summed E-state index contributed by atoms with van der Waals surface area (Å²) in [4.78, 5) is 12.1. The summed E-state index contributed by atoms with van der Waals surface area (Å²) in [5.41, 5.74) is 2.02. The van der Waals surface area contributed by atoms with Crippen LogP contribution in [0.15, 0.2) is 24.3 Å². The van der Waals surface area contributed by atoms with Crippen LogP contribution >= 0.6 is 0 Å².